The SMILES string of the molecule is CCCCC/C=C\CCCCCCCCCC/C=C\CCCCCOC[C@@H](O)COP(=O)(O)C(CC)[N+](C)(C)CCC(O)O. The number of quaternary nitrogens is 1. The first kappa shape index (κ1) is 43.4. The lowest BCUT2D eigenvalue weighted by molar-refractivity contribution is -0.903. The van der Waals surface area contributed by atoms with Crippen LogP contribution in [0.3, 0.4) is 0 Å². The molecule has 44 heavy (non-hydrogen) atoms. The molecule has 3 atom stereocenters. The Kier molecular flexibility index (Phi) is 28.3. The average molecular weight is 649 g/mol. The number of rotatable bonds is 32. The molecule has 0 aromatic carbocycles. The van der Waals surface area contributed by atoms with Crippen LogP contribution in [-0.2, 0) is 13.8 Å². The van der Waals surface area contributed by atoms with Crippen LogP contribution in [-0.4, -0.2) is 83.3 Å². The summed E-state index contributed by atoms with van der Waals surface area (Å²) in [7, 11) is -0.512. The molecule has 4 N–H and O–H groups in total. The molecule has 0 aromatic heterocycles. The van der Waals surface area contributed by atoms with Crippen molar-refractivity contribution in [1.82, 2.24) is 0 Å². The maximum absolute atomic E-state index is 12.9. The molecule has 2 unspecified atom stereocenters. The molecule has 0 saturated heterocycles. The van der Waals surface area contributed by atoms with Crippen molar-refractivity contribution in [1.29, 1.82) is 0 Å². The van der Waals surface area contributed by atoms with Gasteiger partial charge in [-0.2, -0.15) is 0 Å². The summed E-state index contributed by atoms with van der Waals surface area (Å²) in [6, 6.07) is 0. The standard InChI is InChI=1S/C35H70NO7P/c1-5-7-8-9-10-11-12-13-14-15-16-17-18-19-20-21-22-23-24-25-26-27-30-42-31-33(37)32-43-44(40,41)34(6-2)36(3,4)29-28-35(38)39/h10-11,22-23,33-35,37-39H,5-9,12-21,24-32H2,1-4H3/p+1/b11-10-,23-22-/t33-,34?/m1/s1. The minimum atomic E-state index is -4.04. The van der Waals surface area contributed by atoms with Crippen LogP contribution in [0.1, 0.15) is 142 Å². The van der Waals surface area contributed by atoms with Gasteiger partial charge in [-0.05, 0) is 57.8 Å². The van der Waals surface area contributed by atoms with Crippen LogP contribution in [0.5, 0.6) is 0 Å². The van der Waals surface area contributed by atoms with Gasteiger partial charge in [0.1, 0.15) is 6.10 Å². The molecule has 0 amide bonds. The van der Waals surface area contributed by atoms with E-state index in [2.05, 4.69) is 31.2 Å². The third kappa shape index (κ3) is 25.6. The molecule has 0 aromatic rings. The van der Waals surface area contributed by atoms with E-state index in [9.17, 15) is 14.6 Å². The summed E-state index contributed by atoms with van der Waals surface area (Å²) in [5, 5.41) is 28.5. The number of nitrogens with zero attached hydrogens (tertiary/aromatic N) is 1. The molecule has 262 valence electrons. The van der Waals surface area contributed by atoms with Crippen molar-refractivity contribution in [3.8, 4) is 0 Å². The Morgan fingerprint density at radius 1 is 0.682 bits per heavy atom. The fraction of sp³-hybridized carbons (Fsp3) is 0.886. The third-order valence-corrected chi connectivity index (χ3v) is 10.5. The predicted molar refractivity (Wildman–Crippen MR) is 184 cm³/mol. The summed E-state index contributed by atoms with van der Waals surface area (Å²) >= 11 is 0. The van der Waals surface area contributed by atoms with Gasteiger partial charge in [0.15, 0.2) is 12.1 Å². The Morgan fingerprint density at radius 3 is 1.59 bits per heavy atom. The fourth-order valence-corrected chi connectivity index (χ4v) is 7.40. The summed E-state index contributed by atoms with van der Waals surface area (Å²) in [6.45, 7) is 4.68. The number of aliphatic hydroxyl groups excluding tert-OH is 2. The van der Waals surface area contributed by atoms with Crippen LogP contribution < -0.4 is 0 Å². The second kappa shape index (κ2) is 28.6. The molecule has 0 bridgehead atoms. The summed E-state index contributed by atoms with van der Waals surface area (Å²) < 4.78 is 23.8. The fourth-order valence-electron chi connectivity index (χ4n) is 5.48. The second-order valence-corrected chi connectivity index (χ2v) is 14.9. The Labute approximate surface area is 271 Å². The van der Waals surface area contributed by atoms with Gasteiger partial charge in [-0.15, -0.1) is 0 Å². The molecule has 0 radical (unpaired) electrons. The van der Waals surface area contributed by atoms with Crippen LogP contribution in [0.25, 0.3) is 0 Å². The highest BCUT2D eigenvalue weighted by atomic mass is 31.2. The molecule has 0 aliphatic carbocycles. The lowest BCUT2D eigenvalue weighted by Crippen LogP contribution is -2.50. The van der Waals surface area contributed by atoms with Crippen molar-refractivity contribution in [3.63, 3.8) is 0 Å². The second-order valence-electron chi connectivity index (χ2n) is 12.9. The molecule has 0 aliphatic heterocycles. The third-order valence-electron chi connectivity index (χ3n) is 8.23. The van der Waals surface area contributed by atoms with E-state index in [4.69, 9.17) is 19.5 Å². The van der Waals surface area contributed by atoms with Gasteiger partial charge in [-0.25, -0.2) is 0 Å². The molecule has 0 saturated carbocycles. The Bertz CT molecular complexity index is 745. The van der Waals surface area contributed by atoms with E-state index < -0.39 is 25.8 Å². The van der Waals surface area contributed by atoms with E-state index in [1.165, 1.54) is 89.9 Å². The first-order chi connectivity index (χ1) is 21.1. The summed E-state index contributed by atoms with van der Waals surface area (Å²) in [5.74, 6) is -0.731. The van der Waals surface area contributed by atoms with Gasteiger partial charge in [0.25, 0.3) is 0 Å². The number of aliphatic hydroxyl groups is 3. The van der Waals surface area contributed by atoms with Crippen molar-refractivity contribution >= 4 is 7.60 Å². The van der Waals surface area contributed by atoms with E-state index in [1.54, 1.807) is 21.0 Å². The number of unbranched alkanes of at least 4 members (excludes halogenated alkanes) is 15. The highest BCUT2D eigenvalue weighted by molar-refractivity contribution is 7.53. The van der Waals surface area contributed by atoms with Gasteiger partial charge in [0.2, 0.25) is 0 Å². The molecule has 0 aliphatic rings. The largest absolute Gasteiger partial charge is 0.388 e. The molecule has 0 rings (SSSR count). The predicted octanol–water partition coefficient (Wildman–Crippen LogP) is 8.23. The van der Waals surface area contributed by atoms with Gasteiger partial charge in [0.05, 0.1) is 33.9 Å². The Balaban J connectivity index is 3.66. The summed E-state index contributed by atoms with van der Waals surface area (Å²) in [5.41, 5.74) is 0. The molecular formula is C35H71NO7P+. The minimum absolute atomic E-state index is 0.0580. The van der Waals surface area contributed by atoms with Gasteiger partial charge < -0.3 is 34.0 Å². The van der Waals surface area contributed by atoms with Crippen LogP contribution in [0.2, 0.25) is 0 Å². The zero-order valence-electron chi connectivity index (χ0n) is 28.9. The van der Waals surface area contributed by atoms with Gasteiger partial charge in [0, 0.05) is 19.4 Å². The molecule has 9 heteroatoms. The normalized spacial score (nSPS) is 15.5. The quantitative estimate of drug-likeness (QED) is 0.0191. The minimum Gasteiger partial charge on any atom is -0.388 e. The van der Waals surface area contributed by atoms with Crippen LogP contribution >= 0.6 is 7.60 Å². The number of ether oxygens (including phenoxy) is 1. The average Bonchev–Trinajstić information content (AvgIpc) is 2.97. The zero-order valence-corrected chi connectivity index (χ0v) is 29.8. The molecule has 0 spiro atoms. The van der Waals surface area contributed by atoms with E-state index in [0.717, 1.165) is 25.7 Å². The maximum atomic E-state index is 12.9. The molecule has 8 nitrogen and oxygen atoms in total. The Morgan fingerprint density at radius 2 is 1.14 bits per heavy atom. The van der Waals surface area contributed by atoms with Crippen molar-refractivity contribution < 1.29 is 38.5 Å². The van der Waals surface area contributed by atoms with Crippen molar-refractivity contribution in [2.24, 2.45) is 0 Å². The van der Waals surface area contributed by atoms with Crippen molar-refractivity contribution in [3.05, 3.63) is 24.3 Å². The first-order valence-electron chi connectivity index (χ1n) is 17.8. The van der Waals surface area contributed by atoms with Crippen LogP contribution in [0, 0.1) is 0 Å². The maximum Gasteiger partial charge on any atom is 0.385 e. The lowest BCUT2D eigenvalue weighted by atomic mass is 10.1. The van der Waals surface area contributed by atoms with Gasteiger partial charge in [-0.1, -0.05) is 95.9 Å². The lowest BCUT2D eigenvalue weighted by Gasteiger charge is -2.39. The monoisotopic (exact) mass is 648 g/mol. The number of allylic oxidation sites excluding steroid dienone is 4. The Hall–Kier alpha value is -0.570. The number of hydrogen-bond donors (Lipinski definition) is 4. The molecular weight excluding hydrogens is 577 g/mol. The van der Waals surface area contributed by atoms with Gasteiger partial charge in [-0.3, -0.25) is 4.57 Å². The van der Waals surface area contributed by atoms with E-state index in [1.807, 2.05) is 0 Å². The van der Waals surface area contributed by atoms with Crippen LogP contribution in [0.15, 0.2) is 24.3 Å². The van der Waals surface area contributed by atoms with Crippen LogP contribution in [0.4, 0.5) is 0 Å². The zero-order chi connectivity index (χ0) is 32.9. The van der Waals surface area contributed by atoms with E-state index >= 15 is 0 Å². The van der Waals surface area contributed by atoms with Crippen molar-refractivity contribution in [2.45, 2.75) is 160 Å². The summed E-state index contributed by atoms with van der Waals surface area (Å²) in [4.78, 5) is 10.5. The highest BCUT2D eigenvalue weighted by Gasteiger charge is 2.43. The molecule has 0 heterocycles. The first-order valence-corrected chi connectivity index (χ1v) is 19.4. The number of hydrogen-bond acceptors (Lipinski definition) is 6. The van der Waals surface area contributed by atoms with Gasteiger partial charge >= 0.3 is 7.60 Å². The highest BCUT2D eigenvalue weighted by Crippen LogP contribution is 2.52. The van der Waals surface area contributed by atoms with E-state index in [-0.39, 0.29) is 24.1 Å². The topological polar surface area (TPSA) is 116 Å². The smallest absolute Gasteiger partial charge is 0.385 e. The summed E-state index contributed by atoms with van der Waals surface area (Å²) in [6.07, 6.45) is 30.1. The van der Waals surface area contributed by atoms with E-state index in [0.29, 0.717) is 19.6 Å². The molecule has 0 fully saturated rings. The van der Waals surface area contributed by atoms with Crippen molar-refractivity contribution in [2.75, 3.05) is 40.5 Å².